The number of rotatable bonds is 7. The van der Waals surface area contributed by atoms with Crippen molar-refractivity contribution in [1.29, 1.82) is 0 Å². The number of fused-ring (bicyclic) bond motifs is 2. The first-order valence-corrected chi connectivity index (χ1v) is 13.1. The molecule has 6 rings (SSSR count). The van der Waals surface area contributed by atoms with Gasteiger partial charge in [0.2, 0.25) is 12.3 Å². The average molecular weight is 504 g/mol. The summed E-state index contributed by atoms with van der Waals surface area (Å²) in [7, 11) is 4.14. The number of carbonyl (C=O) groups is 1. The zero-order valence-corrected chi connectivity index (χ0v) is 21.9. The largest absolute Gasteiger partial charge is 0.474 e. The summed E-state index contributed by atoms with van der Waals surface area (Å²) in [6.45, 7) is 4.78. The van der Waals surface area contributed by atoms with Crippen LogP contribution in [0.4, 0.5) is 5.82 Å². The number of hydrogen-bond donors (Lipinski definition) is 2. The molecule has 1 saturated heterocycles. The summed E-state index contributed by atoms with van der Waals surface area (Å²) in [5, 5.41) is 10.6. The maximum absolute atomic E-state index is 10.9. The second kappa shape index (κ2) is 11.0. The third-order valence-corrected chi connectivity index (χ3v) is 7.73. The SMILES string of the molecule is CNC1CC2(CC2)c2ccccc21.Cc1c(OCC2CN(C)CCO2)nn(-c2ccccc2)c1NC=O. The number of carbonyl (C=O) groups excluding carboxylic acids is 1. The quantitative estimate of drug-likeness (QED) is 0.477. The Hall–Kier alpha value is -3.20. The van der Waals surface area contributed by atoms with Crippen LogP contribution in [-0.4, -0.2) is 67.6 Å². The predicted molar refractivity (Wildman–Crippen MR) is 144 cm³/mol. The second-order valence-electron chi connectivity index (χ2n) is 10.3. The summed E-state index contributed by atoms with van der Waals surface area (Å²) in [6.07, 6.45) is 4.80. The predicted octanol–water partition coefficient (Wildman–Crippen LogP) is 3.84. The molecule has 1 spiro atoms. The minimum atomic E-state index is 0.0208. The van der Waals surface area contributed by atoms with Gasteiger partial charge in [-0.05, 0) is 69.0 Å². The number of ether oxygens (including phenoxy) is 2. The fourth-order valence-corrected chi connectivity index (χ4v) is 5.51. The average Bonchev–Trinajstić information content (AvgIpc) is 3.55. The molecule has 1 aliphatic heterocycles. The van der Waals surface area contributed by atoms with E-state index < -0.39 is 0 Å². The third kappa shape index (κ3) is 5.42. The Bertz CT molecular complexity index is 1210. The van der Waals surface area contributed by atoms with Crippen LogP contribution in [0.1, 0.15) is 42.0 Å². The lowest BCUT2D eigenvalue weighted by Crippen LogP contribution is -2.42. The van der Waals surface area contributed by atoms with Crippen LogP contribution >= 0.6 is 0 Å². The maximum atomic E-state index is 10.9. The number of anilines is 1. The molecular formula is C29H37N5O3. The van der Waals surface area contributed by atoms with Crippen molar-refractivity contribution in [2.45, 2.75) is 43.7 Å². The number of nitrogens with one attached hydrogen (secondary N) is 2. The molecule has 2 atom stereocenters. The van der Waals surface area contributed by atoms with Crippen LogP contribution < -0.4 is 15.4 Å². The van der Waals surface area contributed by atoms with E-state index in [1.54, 1.807) is 15.8 Å². The summed E-state index contributed by atoms with van der Waals surface area (Å²) < 4.78 is 13.3. The van der Waals surface area contributed by atoms with Crippen molar-refractivity contribution in [1.82, 2.24) is 20.0 Å². The Kier molecular flexibility index (Phi) is 7.60. The Labute approximate surface area is 218 Å². The standard InChI is InChI=1S/C17H22N4O3.C12H15N/c1-13-16(18-12-22)21(14-6-4-3-5-7-14)19-17(13)24-11-15-10-20(2)8-9-23-15;1-13-11-8-12(6-7-12)10-5-3-2-4-9(10)11/h3-7,12,15H,8-11H2,1-2H3,(H,18,22);2-5,11,13H,6-8H2,1H3. The first kappa shape index (κ1) is 25.4. The molecule has 2 heterocycles. The summed E-state index contributed by atoms with van der Waals surface area (Å²) in [6, 6.07) is 19.2. The topological polar surface area (TPSA) is 80.7 Å². The monoisotopic (exact) mass is 503 g/mol. The zero-order valence-electron chi connectivity index (χ0n) is 21.9. The third-order valence-electron chi connectivity index (χ3n) is 7.73. The van der Waals surface area contributed by atoms with Gasteiger partial charge in [-0.1, -0.05) is 42.5 Å². The van der Waals surface area contributed by atoms with Crippen molar-refractivity contribution in [2.75, 3.05) is 45.7 Å². The molecule has 0 radical (unpaired) electrons. The lowest BCUT2D eigenvalue weighted by atomic mass is 9.99. The summed E-state index contributed by atoms with van der Waals surface area (Å²) in [5.41, 5.74) is 5.39. The van der Waals surface area contributed by atoms with E-state index in [2.05, 4.69) is 59.0 Å². The maximum Gasteiger partial charge on any atom is 0.238 e. The van der Waals surface area contributed by atoms with Gasteiger partial charge in [0.1, 0.15) is 18.5 Å². The Morgan fingerprint density at radius 2 is 1.92 bits per heavy atom. The minimum Gasteiger partial charge on any atom is -0.474 e. The highest BCUT2D eigenvalue weighted by Gasteiger charge is 2.51. The van der Waals surface area contributed by atoms with Gasteiger partial charge in [0.05, 0.1) is 17.9 Å². The van der Waals surface area contributed by atoms with E-state index in [-0.39, 0.29) is 6.10 Å². The van der Waals surface area contributed by atoms with E-state index >= 15 is 0 Å². The van der Waals surface area contributed by atoms with Crippen LogP contribution in [0, 0.1) is 6.92 Å². The van der Waals surface area contributed by atoms with Gasteiger partial charge in [-0.2, -0.15) is 0 Å². The fourth-order valence-electron chi connectivity index (χ4n) is 5.51. The van der Waals surface area contributed by atoms with Gasteiger partial charge in [-0.25, -0.2) is 4.68 Å². The van der Waals surface area contributed by atoms with Crippen molar-refractivity contribution in [3.63, 3.8) is 0 Å². The molecule has 8 heteroatoms. The molecule has 3 aromatic rings. The molecule has 8 nitrogen and oxygen atoms in total. The van der Waals surface area contributed by atoms with Crippen LogP contribution in [0.25, 0.3) is 5.69 Å². The van der Waals surface area contributed by atoms with Crippen LogP contribution in [0.3, 0.4) is 0 Å². The number of para-hydroxylation sites is 1. The van der Waals surface area contributed by atoms with E-state index in [0.717, 1.165) is 24.3 Å². The number of benzene rings is 2. The van der Waals surface area contributed by atoms with Crippen molar-refractivity contribution in [3.05, 3.63) is 71.3 Å². The summed E-state index contributed by atoms with van der Waals surface area (Å²) >= 11 is 0. The number of likely N-dealkylation sites (N-methyl/N-ethyl adjacent to an activating group) is 1. The molecule has 3 aliphatic rings. The lowest BCUT2D eigenvalue weighted by molar-refractivity contribution is -0.105. The van der Waals surface area contributed by atoms with E-state index in [9.17, 15) is 4.79 Å². The van der Waals surface area contributed by atoms with Crippen LogP contribution in [-0.2, 0) is 14.9 Å². The number of nitrogens with zero attached hydrogens (tertiary/aromatic N) is 3. The van der Waals surface area contributed by atoms with Gasteiger partial charge >= 0.3 is 0 Å². The molecule has 2 fully saturated rings. The van der Waals surface area contributed by atoms with Gasteiger partial charge in [0.25, 0.3) is 0 Å². The number of amides is 1. The first-order chi connectivity index (χ1) is 18.0. The molecule has 37 heavy (non-hydrogen) atoms. The highest BCUT2D eigenvalue weighted by Crippen LogP contribution is 2.59. The van der Waals surface area contributed by atoms with Crippen molar-refractivity contribution in [3.8, 4) is 11.6 Å². The first-order valence-electron chi connectivity index (χ1n) is 13.1. The Balaban J connectivity index is 0.000000179. The summed E-state index contributed by atoms with van der Waals surface area (Å²) in [4.78, 5) is 13.2. The van der Waals surface area contributed by atoms with Gasteiger partial charge in [-0.15, -0.1) is 5.10 Å². The number of aromatic nitrogens is 2. The van der Waals surface area contributed by atoms with Gasteiger partial charge < -0.3 is 25.0 Å². The molecule has 1 aromatic heterocycles. The smallest absolute Gasteiger partial charge is 0.238 e. The second-order valence-corrected chi connectivity index (χ2v) is 10.3. The molecule has 2 N–H and O–H groups in total. The summed E-state index contributed by atoms with van der Waals surface area (Å²) in [5.74, 6) is 1.10. The minimum absolute atomic E-state index is 0.0208. The van der Waals surface area contributed by atoms with E-state index in [1.165, 1.54) is 19.3 Å². The molecule has 196 valence electrons. The van der Waals surface area contributed by atoms with Crippen LogP contribution in [0.2, 0.25) is 0 Å². The molecule has 2 unspecified atom stereocenters. The number of hydrogen-bond acceptors (Lipinski definition) is 6. The molecule has 2 aromatic carbocycles. The van der Waals surface area contributed by atoms with Crippen molar-refractivity contribution < 1.29 is 14.3 Å². The highest BCUT2D eigenvalue weighted by molar-refractivity contribution is 5.73. The Morgan fingerprint density at radius 1 is 1.16 bits per heavy atom. The molecular weight excluding hydrogens is 466 g/mol. The van der Waals surface area contributed by atoms with Crippen molar-refractivity contribution in [2.24, 2.45) is 0 Å². The van der Waals surface area contributed by atoms with Gasteiger partial charge in [0.15, 0.2) is 0 Å². The fraction of sp³-hybridized carbons (Fsp3) is 0.448. The van der Waals surface area contributed by atoms with Crippen LogP contribution in [0.5, 0.6) is 5.88 Å². The van der Waals surface area contributed by atoms with E-state index in [0.29, 0.717) is 42.8 Å². The molecule has 1 saturated carbocycles. The highest BCUT2D eigenvalue weighted by atomic mass is 16.5. The zero-order chi connectivity index (χ0) is 25.8. The number of morpholine rings is 1. The lowest BCUT2D eigenvalue weighted by Gasteiger charge is -2.29. The molecule has 2 aliphatic carbocycles. The van der Waals surface area contributed by atoms with E-state index in [1.807, 2.05) is 37.3 Å². The molecule has 0 bridgehead atoms. The van der Waals surface area contributed by atoms with Gasteiger partial charge in [0, 0.05) is 19.1 Å². The van der Waals surface area contributed by atoms with Crippen molar-refractivity contribution >= 4 is 12.2 Å². The van der Waals surface area contributed by atoms with E-state index in [4.69, 9.17) is 9.47 Å². The molecule has 1 amide bonds. The van der Waals surface area contributed by atoms with Crippen LogP contribution in [0.15, 0.2) is 54.6 Å². The van der Waals surface area contributed by atoms with Gasteiger partial charge in [-0.3, -0.25) is 4.79 Å². The normalized spacial score (nSPS) is 21.6. The Morgan fingerprint density at radius 3 is 2.62 bits per heavy atom.